The Balaban J connectivity index is 1.21. The molecule has 0 unspecified atom stereocenters. The SMILES string of the molecule is COC(=O)C1=C(C(=O)OC)SC(=C2SC3=C(SCCOc4ccc5ccccc5c4-c4c(ccc5ccccc45)OCCS3)S2)S1. The van der Waals surface area contributed by atoms with E-state index in [9.17, 15) is 9.59 Å². The average Bonchev–Trinajstić information content (AvgIpc) is 3.72. The van der Waals surface area contributed by atoms with Gasteiger partial charge < -0.3 is 18.9 Å². The fraction of sp³-hybridized carbons (Fsp3) is 0.176. The van der Waals surface area contributed by atoms with Crippen molar-refractivity contribution >= 4 is 104 Å². The van der Waals surface area contributed by atoms with E-state index in [4.69, 9.17) is 18.9 Å². The zero-order chi connectivity index (χ0) is 31.6. The minimum absolute atomic E-state index is 0.260. The first-order valence-electron chi connectivity index (χ1n) is 14.2. The fourth-order valence-corrected chi connectivity index (χ4v) is 13.6. The van der Waals surface area contributed by atoms with Gasteiger partial charge >= 0.3 is 11.9 Å². The second kappa shape index (κ2) is 14.2. The van der Waals surface area contributed by atoms with E-state index in [1.165, 1.54) is 46.2 Å². The van der Waals surface area contributed by atoms with Crippen LogP contribution in [-0.4, -0.2) is 50.9 Å². The van der Waals surface area contributed by atoms with E-state index in [0.29, 0.717) is 13.2 Å². The van der Waals surface area contributed by atoms with Gasteiger partial charge in [0.05, 0.1) is 44.4 Å². The fourth-order valence-electron chi connectivity index (χ4n) is 5.20. The number of benzene rings is 4. The summed E-state index contributed by atoms with van der Waals surface area (Å²) in [6.07, 6.45) is 0. The van der Waals surface area contributed by atoms with Gasteiger partial charge in [-0.2, -0.15) is 0 Å². The lowest BCUT2D eigenvalue weighted by atomic mass is 9.92. The van der Waals surface area contributed by atoms with Crippen LogP contribution in [0.25, 0.3) is 32.7 Å². The third-order valence-electron chi connectivity index (χ3n) is 7.22. The van der Waals surface area contributed by atoms with Crippen LogP contribution in [0, 0.1) is 0 Å². The summed E-state index contributed by atoms with van der Waals surface area (Å²) < 4.78 is 27.3. The van der Waals surface area contributed by atoms with E-state index in [1.807, 2.05) is 0 Å². The largest absolute Gasteiger partial charge is 0.492 e. The summed E-state index contributed by atoms with van der Waals surface area (Å²) in [7, 11) is 2.63. The summed E-state index contributed by atoms with van der Waals surface area (Å²) in [5.41, 5.74) is 2.09. The lowest BCUT2D eigenvalue weighted by Gasteiger charge is -2.20. The third kappa shape index (κ3) is 6.27. The first-order chi connectivity index (χ1) is 22.6. The second-order valence-corrected chi connectivity index (χ2v) is 17.2. The quantitative estimate of drug-likeness (QED) is 0.185. The van der Waals surface area contributed by atoms with Gasteiger partial charge in [-0.05, 0) is 33.7 Å². The Morgan fingerprint density at radius 2 is 1.00 bits per heavy atom. The Morgan fingerprint density at radius 1 is 0.565 bits per heavy atom. The van der Waals surface area contributed by atoms with Crippen molar-refractivity contribution in [3.8, 4) is 22.6 Å². The maximum atomic E-state index is 12.5. The summed E-state index contributed by atoms with van der Waals surface area (Å²) in [4.78, 5) is 25.4. The highest BCUT2D eigenvalue weighted by molar-refractivity contribution is 8.42. The van der Waals surface area contributed by atoms with Gasteiger partial charge in [0.25, 0.3) is 0 Å². The number of ether oxygens (including phenoxy) is 4. The van der Waals surface area contributed by atoms with Crippen molar-refractivity contribution in [2.75, 3.05) is 38.9 Å². The molecule has 0 fully saturated rings. The van der Waals surface area contributed by atoms with Crippen molar-refractivity contribution in [3.63, 3.8) is 0 Å². The number of fused-ring (bicyclic) bond motifs is 7. The van der Waals surface area contributed by atoms with Gasteiger partial charge in [0.1, 0.15) is 21.3 Å². The van der Waals surface area contributed by atoms with Crippen molar-refractivity contribution < 1.29 is 28.5 Å². The molecule has 0 amide bonds. The summed E-state index contributed by atoms with van der Waals surface area (Å²) >= 11 is 9.38. The van der Waals surface area contributed by atoms with Crippen LogP contribution in [0.2, 0.25) is 0 Å². The van der Waals surface area contributed by atoms with Crippen LogP contribution in [0.4, 0.5) is 0 Å². The van der Waals surface area contributed by atoms with Crippen LogP contribution in [0.5, 0.6) is 11.5 Å². The van der Waals surface area contributed by atoms with Crippen molar-refractivity contribution in [1.82, 2.24) is 0 Å². The molecule has 3 aliphatic rings. The normalized spacial score (nSPS) is 17.2. The third-order valence-corrected chi connectivity index (χ3v) is 15.8. The minimum atomic E-state index is -0.542. The summed E-state index contributed by atoms with van der Waals surface area (Å²) in [6, 6.07) is 25.2. The average molecular weight is 723 g/mol. The number of esters is 2. The Kier molecular flexibility index (Phi) is 9.81. The molecule has 3 heterocycles. The van der Waals surface area contributed by atoms with Crippen molar-refractivity contribution in [2.45, 2.75) is 0 Å². The monoisotopic (exact) mass is 722 g/mol. The molecule has 4 aromatic rings. The van der Waals surface area contributed by atoms with E-state index in [2.05, 4.69) is 72.8 Å². The number of carbonyl (C=O) groups excluding carboxylic acids is 2. The van der Waals surface area contributed by atoms with E-state index in [0.717, 1.165) is 64.2 Å². The van der Waals surface area contributed by atoms with E-state index in [-0.39, 0.29) is 9.81 Å². The number of rotatable bonds is 2. The smallest absolute Gasteiger partial charge is 0.346 e. The molecule has 0 saturated heterocycles. The molecule has 234 valence electrons. The summed E-state index contributed by atoms with van der Waals surface area (Å²) in [6.45, 7) is 1.03. The van der Waals surface area contributed by atoms with Gasteiger partial charge in [-0.1, -0.05) is 108 Å². The molecule has 0 atom stereocenters. The highest BCUT2D eigenvalue weighted by Crippen LogP contribution is 2.64. The zero-order valence-electron chi connectivity index (χ0n) is 24.7. The van der Waals surface area contributed by atoms with Gasteiger partial charge in [0, 0.05) is 22.6 Å². The molecule has 12 heteroatoms. The summed E-state index contributed by atoms with van der Waals surface area (Å²) in [5.74, 6) is 2.07. The maximum absolute atomic E-state index is 12.5. The van der Waals surface area contributed by atoms with Gasteiger partial charge in [0.2, 0.25) is 0 Å². The highest BCUT2D eigenvalue weighted by atomic mass is 32.3. The van der Waals surface area contributed by atoms with Crippen LogP contribution < -0.4 is 9.47 Å². The van der Waals surface area contributed by atoms with Crippen molar-refractivity contribution in [1.29, 1.82) is 0 Å². The van der Waals surface area contributed by atoms with E-state index >= 15 is 0 Å². The molecule has 4 aromatic carbocycles. The zero-order valence-corrected chi connectivity index (χ0v) is 29.6. The molecule has 0 aliphatic carbocycles. The molecule has 0 spiro atoms. The van der Waals surface area contributed by atoms with Crippen LogP contribution in [0.3, 0.4) is 0 Å². The molecular formula is C34H26O6S6. The first-order valence-corrected chi connectivity index (χ1v) is 19.5. The van der Waals surface area contributed by atoms with Gasteiger partial charge in [-0.15, -0.1) is 23.5 Å². The van der Waals surface area contributed by atoms with Crippen molar-refractivity contribution in [3.05, 3.63) is 99.6 Å². The minimum Gasteiger partial charge on any atom is -0.492 e. The topological polar surface area (TPSA) is 71.1 Å². The number of hydrogen-bond donors (Lipinski definition) is 0. The molecular weight excluding hydrogens is 697 g/mol. The highest BCUT2D eigenvalue weighted by Gasteiger charge is 2.36. The predicted molar refractivity (Wildman–Crippen MR) is 198 cm³/mol. The summed E-state index contributed by atoms with van der Waals surface area (Å²) in [5, 5.41) is 4.54. The van der Waals surface area contributed by atoms with Crippen molar-refractivity contribution in [2.24, 2.45) is 0 Å². The first kappa shape index (κ1) is 31.8. The molecule has 0 N–H and O–H groups in total. The maximum Gasteiger partial charge on any atom is 0.346 e. The van der Waals surface area contributed by atoms with E-state index in [1.54, 1.807) is 47.0 Å². The van der Waals surface area contributed by atoms with Gasteiger partial charge in [-0.25, -0.2) is 9.59 Å². The van der Waals surface area contributed by atoms with Crippen LogP contribution >= 0.6 is 70.6 Å². The lowest BCUT2D eigenvalue weighted by molar-refractivity contribution is -0.138. The Hall–Kier alpha value is -2.74. The molecule has 0 saturated carbocycles. The number of thioether (sulfide) groups is 6. The molecule has 6 nitrogen and oxygen atoms in total. The number of carbonyl (C=O) groups is 2. The Labute approximate surface area is 291 Å². The molecule has 0 bridgehead atoms. The van der Waals surface area contributed by atoms with Gasteiger partial charge in [-0.3, -0.25) is 0 Å². The molecule has 46 heavy (non-hydrogen) atoms. The molecule has 0 radical (unpaired) electrons. The number of hydrogen-bond acceptors (Lipinski definition) is 12. The standard InChI is InChI=1S/C34H26O6S6/c1-37-29(35)27-28(30(36)38-2)44-33(43-27)34-45-31-32(46-34)42-18-16-40-24-14-12-20-8-4-6-10-22(20)26(24)25-21-9-5-3-7-19(21)11-13-23(25)39-15-17-41-31/h3-14H,15-18H2,1-2H3. The van der Waals surface area contributed by atoms with Crippen LogP contribution in [0.15, 0.2) is 99.6 Å². The lowest BCUT2D eigenvalue weighted by Crippen LogP contribution is -2.08. The molecule has 0 aromatic heterocycles. The van der Waals surface area contributed by atoms with Crippen LogP contribution in [-0.2, 0) is 19.1 Å². The van der Waals surface area contributed by atoms with Crippen LogP contribution in [0.1, 0.15) is 0 Å². The molecule has 3 aliphatic heterocycles. The molecule has 7 rings (SSSR count). The van der Waals surface area contributed by atoms with Gasteiger partial charge in [0.15, 0.2) is 0 Å². The Morgan fingerprint density at radius 3 is 1.46 bits per heavy atom. The number of methoxy groups -OCH3 is 2. The second-order valence-electron chi connectivity index (χ2n) is 9.91. The predicted octanol–water partition coefficient (Wildman–Crippen LogP) is 9.67. The Bertz CT molecular complexity index is 1850. The van der Waals surface area contributed by atoms with E-state index < -0.39 is 11.9 Å².